The van der Waals surface area contributed by atoms with Gasteiger partial charge in [-0.25, -0.2) is 4.57 Å². The molecule has 498 valence electrons. The fraction of sp³-hybridized carbons (Fsp3) is 0.544. The van der Waals surface area contributed by atoms with Gasteiger partial charge in [-0.2, -0.15) is 0 Å². The molecule has 89 heavy (non-hydrogen) atoms. The predicted molar refractivity (Wildman–Crippen MR) is 385 cm³/mol. The first-order chi connectivity index (χ1) is 43.8. The van der Waals surface area contributed by atoms with Crippen LogP contribution in [0.15, 0.2) is 207 Å². The maximum Gasteiger partial charge on any atom is 0.472 e. The van der Waals surface area contributed by atoms with Gasteiger partial charge >= 0.3 is 19.8 Å². The first-order valence-electron chi connectivity index (χ1n) is 34.6. The van der Waals surface area contributed by atoms with Crippen molar-refractivity contribution in [2.75, 3.05) is 26.4 Å². The summed E-state index contributed by atoms with van der Waals surface area (Å²) in [4.78, 5) is 35.3. The maximum absolute atomic E-state index is 12.8. The Morgan fingerprint density at radius 1 is 0.337 bits per heavy atom. The van der Waals surface area contributed by atoms with E-state index in [0.29, 0.717) is 12.8 Å². The molecule has 0 spiro atoms. The SMILES string of the molecule is CC/C=C\C/C=C\C/C=C\C/C=C\C/C=C\C/C=C\C/C=C\C/C=C\C/C=C\C/C=C\C/C=C\C/C=C\CCCCCCC(=O)OC(COC(=O)CCCCCCCCCCCCC/C=C\C/C=C\C/C=C\C/C=C\C/C=C\CC)COP(=O)(O)OCCN. The van der Waals surface area contributed by atoms with Gasteiger partial charge in [0.15, 0.2) is 6.10 Å². The summed E-state index contributed by atoms with van der Waals surface area (Å²) in [6, 6.07) is 0. The highest BCUT2D eigenvalue weighted by molar-refractivity contribution is 7.47. The largest absolute Gasteiger partial charge is 0.472 e. The summed E-state index contributed by atoms with van der Waals surface area (Å²) in [5.41, 5.74) is 5.40. The van der Waals surface area contributed by atoms with Crippen LogP contribution in [0.2, 0.25) is 0 Å². The molecule has 0 rings (SSSR count). The second-order valence-electron chi connectivity index (χ2n) is 21.9. The van der Waals surface area contributed by atoms with E-state index >= 15 is 0 Å². The van der Waals surface area contributed by atoms with Crippen molar-refractivity contribution < 1.29 is 37.6 Å². The quantitative estimate of drug-likeness (QED) is 0.0264. The van der Waals surface area contributed by atoms with Gasteiger partial charge in [-0.15, -0.1) is 0 Å². The van der Waals surface area contributed by atoms with E-state index in [-0.39, 0.29) is 32.6 Å². The lowest BCUT2D eigenvalue weighted by molar-refractivity contribution is -0.161. The van der Waals surface area contributed by atoms with E-state index in [0.717, 1.165) is 161 Å². The Labute approximate surface area is 544 Å². The van der Waals surface area contributed by atoms with Crippen LogP contribution in [-0.2, 0) is 32.7 Å². The van der Waals surface area contributed by atoms with E-state index in [1.54, 1.807) is 0 Å². The summed E-state index contributed by atoms with van der Waals surface area (Å²) in [7, 11) is -4.42. The smallest absolute Gasteiger partial charge is 0.462 e. The highest BCUT2D eigenvalue weighted by atomic mass is 31.2. The Balaban J connectivity index is 4.05. The first-order valence-corrected chi connectivity index (χ1v) is 36.1. The fourth-order valence-corrected chi connectivity index (χ4v) is 9.41. The van der Waals surface area contributed by atoms with Crippen molar-refractivity contribution in [2.45, 2.75) is 251 Å². The topological polar surface area (TPSA) is 134 Å². The minimum absolute atomic E-state index is 0.0376. The normalized spacial score (nSPS) is 14.2. The van der Waals surface area contributed by atoms with E-state index in [2.05, 4.69) is 220 Å². The van der Waals surface area contributed by atoms with Crippen LogP contribution < -0.4 is 5.73 Å². The maximum atomic E-state index is 12.8. The zero-order valence-electron chi connectivity index (χ0n) is 55.8. The molecule has 0 saturated carbocycles. The number of ether oxygens (including phenoxy) is 2. The number of nitrogens with two attached hydrogens (primary N) is 1. The zero-order chi connectivity index (χ0) is 64.4. The summed E-state index contributed by atoms with van der Waals surface area (Å²) < 4.78 is 33.1. The molecule has 0 aliphatic rings. The van der Waals surface area contributed by atoms with Crippen molar-refractivity contribution >= 4 is 19.8 Å². The molecule has 0 saturated heterocycles. The zero-order valence-corrected chi connectivity index (χ0v) is 56.7. The Kier molecular flexibility index (Phi) is 67.3. The van der Waals surface area contributed by atoms with Crippen LogP contribution in [-0.4, -0.2) is 49.3 Å². The van der Waals surface area contributed by atoms with Crippen LogP contribution in [0.5, 0.6) is 0 Å². The molecule has 0 aromatic heterocycles. The molecule has 0 aliphatic heterocycles. The van der Waals surface area contributed by atoms with Crippen molar-refractivity contribution in [3.05, 3.63) is 207 Å². The number of rotatable bonds is 62. The van der Waals surface area contributed by atoms with Gasteiger partial charge in [-0.1, -0.05) is 291 Å². The molecule has 9 nitrogen and oxygen atoms in total. The Morgan fingerprint density at radius 2 is 0.584 bits per heavy atom. The molecule has 0 bridgehead atoms. The number of carbonyl (C=O) groups excluding carboxylic acids is 2. The van der Waals surface area contributed by atoms with Crippen molar-refractivity contribution in [1.82, 2.24) is 0 Å². The van der Waals surface area contributed by atoms with Crippen LogP contribution in [0, 0.1) is 0 Å². The van der Waals surface area contributed by atoms with Crippen LogP contribution in [0.4, 0.5) is 0 Å². The molecular weight excluding hydrogens is 1120 g/mol. The third-order valence-electron chi connectivity index (χ3n) is 13.7. The summed E-state index contributed by atoms with van der Waals surface area (Å²) >= 11 is 0. The number of phosphoric ester groups is 1. The summed E-state index contributed by atoms with van der Waals surface area (Å²) in [6.07, 6.45) is 110. The van der Waals surface area contributed by atoms with Crippen LogP contribution in [0.1, 0.15) is 245 Å². The molecular formula is C79H124NO8P. The van der Waals surface area contributed by atoms with Gasteiger partial charge in [0, 0.05) is 19.4 Å². The van der Waals surface area contributed by atoms with Gasteiger partial charge < -0.3 is 20.1 Å². The van der Waals surface area contributed by atoms with Gasteiger partial charge in [0.1, 0.15) is 6.61 Å². The van der Waals surface area contributed by atoms with Gasteiger partial charge in [-0.3, -0.25) is 18.6 Å². The van der Waals surface area contributed by atoms with E-state index < -0.39 is 32.5 Å². The van der Waals surface area contributed by atoms with Gasteiger partial charge in [0.2, 0.25) is 0 Å². The second-order valence-corrected chi connectivity index (χ2v) is 23.4. The van der Waals surface area contributed by atoms with Crippen molar-refractivity contribution in [1.29, 1.82) is 0 Å². The standard InChI is InChI=1S/C79H124NO8P/c1-3-5-7-9-11-13-15-17-19-21-23-25-27-29-31-32-33-34-35-36-37-38-39-40-41-42-43-44-46-48-50-52-54-56-58-60-62-64-66-68-70-72-79(82)88-77(76-87-89(83,84)86-74-73-80)75-85-78(81)71-69-67-65-63-61-59-57-55-53-51-49-47-45-30-28-26-24-22-20-18-16-14-12-10-8-6-4-2/h5-8,11-14,17-20,23-26,29-31,33-34,36-37,39-40,42-43,45-46,48,52,54,58,60,77H,3-4,9-10,15-16,21-22,27-28,32,35,38,41,44,47,49-51,53,55-57,59,61-76,80H2,1-2H3,(H,83,84)/b7-5-,8-6-,13-11-,14-12-,19-17-,20-18-,25-23-,26-24-,31-29-,34-33-,37-36-,40-39-,43-42-,45-30-,48-46-,54-52-,60-58-. The fourth-order valence-electron chi connectivity index (χ4n) is 8.64. The van der Waals surface area contributed by atoms with E-state index in [9.17, 15) is 19.0 Å². The van der Waals surface area contributed by atoms with Gasteiger partial charge in [0.25, 0.3) is 0 Å². The highest BCUT2D eigenvalue weighted by Crippen LogP contribution is 2.43. The summed E-state index contributed by atoms with van der Waals surface area (Å²) in [5.74, 6) is -0.875. The van der Waals surface area contributed by atoms with Crippen molar-refractivity contribution in [3.63, 3.8) is 0 Å². The molecule has 0 fully saturated rings. The number of allylic oxidation sites excluding steroid dienone is 34. The van der Waals surface area contributed by atoms with E-state index in [4.69, 9.17) is 24.3 Å². The highest BCUT2D eigenvalue weighted by Gasteiger charge is 2.26. The average Bonchev–Trinajstić information content (AvgIpc) is 3.58. The Morgan fingerprint density at radius 3 is 0.865 bits per heavy atom. The van der Waals surface area contributed by atoms with Crippen LogP contribution >= 0.6 is 7.82 Å². The summed E-state index contributed by atoms with van der Waals surface area (Å²) in [5, 5.41) is 0. The van der Waals surface area contributed by atoms with Gasteiger partial charge in [-0.05, 0) is 148 Å². The first kappa shape index (κ1) is 83.6. The number of carbonyl (C=O) groups is 2. The van der Waals surface area contributed by atoms with Crippen LogP contribution in [0.3, 0.4) is 0 Å². The van der Waals surface area contributed by atoms with Crippen LogP contribution in [0.25, 0.3) is 0 Å². The lowest BCUT2D eigenvalue weighted by Crippen LogP contribution is -2.29. The molecule has 10 heteroatoms. The number of unbranched alkanes of at least 4 members (excludes halogenated alkanes) is 15. The third kappa shape index (κ3) is 71.5. The molecule has 0 aromatic carbocycles. The van der Waals surface area contributed by atoms with E-state index in [1.807, 2.05) is 0 Å². The number of esters is 2. The number of hydrogen-bond acceptors (Lipinski definition) is 8. The monoisotopic (exact) mass is 1250 g/mol. The third-order valence-corrected chi connectivity index (χ3v) is 14.6. The Hall–Kier alpha value is -5.41. The lowest BCUT2D eigenvalue weighted by Gasteiger charge is -2.19. The minimum atomic E-state index is -4.42. The molecule has 3 N–H and O–H groups in total. The van der Waals surface area contributed by atoms with Gasteiger partial charge in [0.05, 0.1) is 13.2 Å². The lowest BCUT2D eigenvalue weighted by atomic mass is 10.0. The molecule has 2 unspecified atom stereocenters. The molecule has 0 heterocycles. The molecule has 2 atom stereocenters. The average molecular weight is 1250 g/mol. The summed E-state index contributed by atoms with van der Waals surface area (Å²) in [6.45, 7) is 3.46. The van der Waals surface area contributed by atoms with Crippen molar-refractivity contribution in [3.8, 4) is 0 Å². The number of phosphoric acid groups is 1. The second kappa shape index (κ2) is 71.7. The van der Waals surface area contributed by atoms with E-state index in [1.165, 1.54) is 44.9 Å². The predicted octanol–water partition coefficient (Wildman–Crippen LogP) is 23.1. The molecule has 0 aliphatic carbocycles. The molecule has 0 aromatic rings. The van der Waals surface area contributed by atoms with Crippen molar-refractivity contribution in [2.24, 2.45) is 5.73 Å². The number of hydrogen-bond donors (Lipinski definition) is 2. The Bertz CT molecular complexity index is 2210. The molecule has 0 amide bonds. The minimum Gasteiger partial charge on any atom is -0.462 e. The molecule has 0 radical (unpaired) electrons.